The second-order valence-corrected chi connectivity index (χ2v) is 9.82. The van der Waals surface area contributed by atoms with Crippen molar-refractivity contribution in [2.75, 3.05) is 44.7 Å². The van der Waals surface area contributed by atoms with Crippen LogP contribution in [0.1, 0.15) is 22.8 Å². The van der Waals surface area contributed by atoms with Gasteiger partial charge < -0.3 is 24.8 Å². The Morgan fingerprint density at radius 1 is 0.950 bits per heavy atom. The average molecular weight is 544 g/mol. The Hall–Kier alpha value is -4.93. The fourth-order valence-corrected chi connectivity index (χ4v) is 5.06. The van der Waals surface area contributed by atoms with Gasteiger partial charge in [0.15, 0.2) is 6.61 Å². The van der Waals surface area contributed by atoms with Crippen LogP contribution in [0.5, 0.6) is 5.75 Å². The van der Waals surface area contributed by atoms with Crippen LogP contribution in [-0.2, 0) is 25.7 Å². The molecule has 0 unspecified atom stereocenters. The number of fused-ring (bicyclic) bond motifs is 2. The van der Waals surface area contributed by atoms with Gasteiger partial charge in [0.05, 0.1) is 17.9 Å². The van der Waals surface area contributed by atoms with Gasteiger partial charge in [0.2, 0.25) is 5.91 Å². The van der Waals surface area contributed by atoms with Gasteiger partial charge in [0.25, 0.3) is 23.6 Å². The molecule has 1 saturated heterocycles. The number of nitrogens with one attached hydrogen (secondary N) is 1. The van der Waals surface area contributed by atoms with E-state index in [1.54, 1.807) is 30.1 Å². The van der Waals surface area contributed by atoms with E-state index in [1.165, 1.54) is 21.6 Å². The summed E-state index contributed by atoms with van der Waals surface area (Å²) < 4.78 is 5.52. The lowest BCUT2D eigenvalue weighted by Crippen LogP contribution is -2.51. The Labute approximate surface area is 231 Å². The molecule has 2 aromatic rings. The van der Waals surface area contributed by atoms with E-state index in [9.17, 15) is 24.0 Å². The van der Waals surface area contributed by atoms with E-state index in [2.05, 4.69) is 18.5 Å². The maximum absolute atomic E-state index is 13.3. The quantitative estimate of drug-likeness (QED) is 0.571. The Morgan fingerprint density at radius 2 is 1.62 bits per heavy atom. The monoisotopic (exact) mass is 543 g/mol. The first-order valence-corrected chi connectivity index (χ1v) is 12.8. The zero-order chi connectivity index (χ0) is 28.7. The molecule has 2 aromatic carbocycles. The van der Waals surface area contributed by atoms with Crippen LogP contribution in [0.2, 0.25) is 0 Å². The number of hydrogen-bond acceptors (Lipinski definition) is 6. The molecule has 3 aliphatic heterocycles. The highest BCUT2D eigenvalue weighted by atomic mass is 16.5. The first-order valence-electron chi connectivity index (χ1n) is 12.8. The van der Waals surface area contributed by atoms with Crippen LogP contribution in [0.4, 0.5) is 5.69 Å². The fourth-order valence-electron chi connectivity index (χ4n) is 5.06. The van der Waals surface area contributed by atoms with Crippen molar-refractivity contribution >= 4 is 35.2 Å². The molecule has 0 aromatic heterocycles. The third-order valence-corrected chi connectivity index (χ3v) is 7.45. The molecule has 11 nitrogen and oxygen atoms in total. The summed E-state index contributed by atoms with van der Waals surface area (Å²) in [4.78, 5) is 68.7. The third-order valence-electron chi connectivity index (χ3n) is 7.45. The third kappa shape index (κ3) is 4.70. The standard InChI is InChI=1S/C29H29N5O6/c1-17(28(38)33-12-10-32(11-13-33)19(3)35)30-27(37)18(2)34-15-23-21(6-5-7-22(23)29(34)39)20-8-9-25-24(14-20)31(4)26(36)16-40-25/h5-9,14H,1-2,10-13,15-16H2,3-4H3,(H,30,37). The number of carbonyl (C=O) groups excluding carboxylic acids is 5. The second-order valence-electron chi connectivity index (χ2n) is 9.82. The molecule has 0 aliphatic carbocycles. The topological polar surface area (TPSA) is 120 Å². The molecule has 0 radical (unpaired) electrons. The van der Waals surface area contributed by atoms with E-state index >= 15 is 0 Å². The molecular formula is C29H29N5O6. The van der Waals surface area contributed by atoms with Gasteiger partial charge in [-0.2, -0.15) is 0 Å². The summed E-state index contributed by atoms with van der Waals surface area (Å²) in [5, 5.41) is 2.47. The van der Waals surface area contributed by atoms with Crippen molar-refractivity contribution in [3.05, 3.63) is 72.1 Å². The molecular weight excluding hydrogens is 514 g/mol. The van der Waals surface area contributed by atoms with Crippen LogP contribution in [0.3, 0.4) is 0 Å². The van der Waals surface area contributed by atoms with Crippen LogP contribution < -0.4 is 15.0 Å². The summed E-state index contributed by atoms with van der Waals surface area (Å²) in [5.74, 6) is -1.18. The molecule has 1 fully saturated rings. The summed E-state index contributed by atoms with van der Waals surface area (Å²) in [6.07, 6.45) is 0. The second kappa shape index (κ2) is 10.3. The van der Waals surface area contributed by atoms with E-state index in [0.29, 0.717) is 48.7 Å². The largest absolute Gasteiger partial charge is 0.482 e. The average Bonchev–Trinajstić information content (AvgIpc) is 3.30. The highest BCUT2D eigenvalue weighted by Crippen LogP contribution is 2.39. The van der Waals surface area contributed by atoms with Gasteiger partial charge in [0.1, 0.15) is 11.4 Å². The summed E-state index contributed by atoms with van der Waals surface area (Å²) in [7, 11) is 1.68. The number of ether oxygens (including phenoxy) is 1. The van der Waals surface area contributed by atoms with Crippen LogP contribution >= 0.6 is 0 Å². The molecule has 5 rings (SSSR count). The van der Waals surface area contributed by atoms with E-state index in [4.69, 9.17) is 4.74 Å². The Kier molecular flexibility index (Phi) is 6.88. The van der Waals surface area contributed by atoms with Gasteiger partial charge in [-0.05, 0) is 34.9 Å². The number of anilines is 1. The predicted octanol–water partition coefficient (Wildman–Crippen LogP) is 1.50. The van der Waals surface area contributed by atoms with Gasteiger partial charge in [-0.3, -0.25) is 28.9 Å². The Bertz CT molecular complexity index is 1490. The van der Waals surface area contributed by atoms with Crippen LogP contribution in [0.25, 0.3) is 11.1 Å². The lowest BCUT2D eigenvalue weighted by atomic mass is 9.96. The molecule has 5 amide bonds. The normalized spacial score (nSPS) is 16.2. The smallest absolute Gasteiger partial charge is 0.271 e. The summed E-state index contributed by atoms with van der Waals surface area (Å²) in [5.41, 5.74) is 3.08. The van der Waals surface area contributed by atoms with Crippen molar-refractivity contribution in [3.8, 4) is 16.9 Å². The number of hydrogen-bond donors (Lipinski definition) is 1. The lowest BCUT2D eigenvalue weighted by molar-refractivity contribution is -0.136. The number of piperazine rings is 1. The van der Waals surface area contributed by atoms with Gasteiger partial charge in [0, 0.05) is 45.7 Å². The number of benzene rings is 2. The number of carbonyl (C=O) groups is 5. The van der Waals surface area contributed by atoms with Crippen molar-refractivity contribution in [2.24, 2.45) is 0 Å². The first kappa shape index (κ1) is 26.7. The molecule has 0 atom stereocenters. The zero-order valence-corrected chi connectivity index (χ0v) is 22.4. The summed E-state index contributed by atoms with van der Waals surface area (Å²) in [6, 6.07) is 10.8. The van der Waals surface area contributed by atoms with E-state index in [1.807, 2.05) is 18.2 Å². The van der Waals surface area contributed by atoms with Crippen molar-refractivity contribution in [2.45, 2.75) is 13.5 Å². The molecule has 11 heteroatoms. The van der Waals surface area contributed by atoms with Crippen LogP contribution in [0.15, 0.2) is 61.0 Å². The van der Waals surface area contributed by atoms with Gasteiger partial charge in [-0.1, -0.05) is 31.4 Å². The number of rotatable bonds is 5. The molecule has 40 heavy (non-hydrogen) atoms. The first-order chi connectivity index (χ1) is 19.1. The zero-order valence-electron chi connectivity index (χ0n) is 22.4. The maximum atomic E-state index is 13.3. The molecule has 3 heterocycles. The molecule has 0 saturated carbocycles. The molecule has 0 bridgehead atoms. The van der Waals surface area contributed by atoms with Gasteiger partial charge in [-0.25, -0.2) is 0 Å². The number of nitrogens with zero attached hydrogens (tertiary/aromatic N) is 4. The van der Waals surface area contributed by atoms with Crippen LogP contribution in [-0.4, -0.2) is 84.1 Å². The van der Waals surface area contributed by atoms with E-state index in [0.717, 1.165) is 11.1 Å². The molecule has 3 aliphatic rings. The predicted molar refractivity (Wildman–Crippen MR) is 146 cm³/mol. The summed E-state index contributed by atoms with van der Waals surface area (Å²) in [6.45, 7) is 10.6. The van der Waals surface area contributed by atoms with Gasteiger partial charge in [-0.15, -0.1) is 0 Å². The highest BCUT2D eigenvalue weighted by molar-refractivity contribution is 6.08. The van der Waals surface area contributed by atoms with Crippen molar-refractivity contribution in [3.63, 3.8) is 0 Å². The van der Waals surface area contributed by atoms with Crippen LogP contribution in [0, 0.1) is 0 Å². The lowest BCUT2D eigenvalue weighted by Gasteiger charge is -2.34. The summed E-state index contributed by atoms with van der Waals surface area (Å²) >= 11 is 0. The molecule has 0 spiro atoms. The number of amides is 5. The minimum Gasteiger partial charge on any atom is -0.482 e. The maximum Gasteiger partial charge on any atom is 0.271 e. The highest BCUT2D eigenvalue weighted by Gasteiger charge is 2.34. The minimum atomic E-state index is -0.713. The number of likely N-dealkylation sites (N-methyl/N-ethyl adjacent to an activating group) is 1. The molecule has 206 valence electrons. The van der Waals surface area contributed by atoms with Crippen molar-refractivity contribution < 1.29 is 28.7 Å². The van der Waals surface area contributed by atoms with E-state index in [-0.39, 0.29) is 42.3 Å². The Balaban J connectivity index is 1.29. The minimum absolute atomic E-state index is 0.0221. The van der Waals surface area contributed by atoms with E-state index < -0.39 is 11.8 Å². The van der Waals surface area contributed by atoms with Crippen molar-refractivity contribution in [1.29, 1.82) is 0 Å². The van der Waals surface area contributed by atoms with Gasteiger partial charge >= 0.3 is 0 Å². The Morgan fingerprint density at radius 3 is 2.33 bits per heavy atom. The molecule has 1 N–H and O–H groups in total. The van der Waals surface area contributed by atoms with Crippen molar-refractivity contribution in [1.82, 2.24) is 20.0 Å². The SMILES string of the molecule is C=C(NC(=O)C(=C)N1Cc2c(cccc2-c2ccc3c(c2)N(C)C(=O)CO3)C1=O)C(=O)N1CCN(C(C)=O)CC1. The fraction of sp³-hybridized carbons (Fsp3) is 0.276.